The number of carboxylic acid groups (broad SMARTS) is 1. The molecule has 6 rings (SSSR count). The van der Waals surface area contributed by atoms with E-state index in [1.807, 2.05) is 30.3 Å². The molecule has 3 aromatic carbocycles. The lowest BCUT2D eigenvalue weighted by Gasteiger charge is -2.25. The monoisotopic (exact) mass is 439 g/mol. The van der Waals surface area contributed by atoms with E-state index in [1.165, 1.54) is 52.9 Å². The lowest BCUT2D eigenvalue weighted by atomic mass is 9.79. The first kappa shape index (κ1) is 20.5. The summed E-state index contributed by atoms with van der Waals surface area (Å²) < 4.78 is 0. The number of aromatic carboxylic acids is 1. The third-order valence-electron chi connectivity index (χ3n) is 6.20. The van der Waals surface area contributed by atoms with Crippen molar-refractivity contribution in [1.29, 1.82) is 0 Å². The Morgan fingerprint density at radius 3 is 2.69 bits per heavy atom. The molecule has 4 heteroatoms. The predicted molar refractivity (Wildman–Crippen MR) is 131 cm³/mol. The van der Waals surface area contributed by atoms with Crippen LogP contribution in [0.5, 0.6) is 0 Å². The fourth-order valence-corrected chi connectivity index (χ4v) is 4.86. The van der Waals surface area contributed by atoms with Gasteiger partial charge in [0.1, 0.15) is 0 Å². The van der Waals surface area contributed by atoms with Crippen LogP contribution in [-0.2, 0) is 6.42 Å². The van der Waals surface area contributed by atoms with Crippen LogP contribution in [0, 0.1) is 0 Å². The Bertz CT molecular complexity index is 1420. The number of para-hydroxylation sites is 1. The number of hydrogen-bond acceptors (Lipinski definition) is 2. The van der Waals surface area contributed by atoms with Gasteiger partial charge in [0.15, 0.2) is 0 Å². The molecule has 0 spiro atoms. The Kier molecular flexibility index (Phi) is 5.50. The van der Waals surface area contributed by atoms with Gasteiger partial charge in [-0.1, -0.05) is 71.8 Å². The number of fused-ring (bicyclic) bond motifs is 5. The van der Waals surface area contributed by atoms with E-state index in [-0.39, 0.29) is 5.56 Å². The van der Waals surface area contributed by atoms with Gasteiger partial charge in [-0.25, -0.2) is 4.79 Å². The minimum atomic E-state index is -0.946. The molecule has 0 bridgehead atoms. The number of nitrogens with zero attached hydrogens (tertiary/aromatic N) is 1. The zero-order valence-corrected chi connectivity index (χ0v) is 18.3. The van der Waals surface area contributed by atoms with Crippen LogP contribution >= 0.6 is 11.6 Å². The molecule has 2 aliphatic rings. The maximum atomic E-state index is 10.6. The van der Waals surface area contributed by atoms with Crippen LogP contribution in [0.3, 0.4) is 0 Å². The number of rotatable bonds is 1. The number of aromatic nitrogens is 1. The second kappa shape index (κ2) is 8.60. The Morgan fingerprint density at radius 1 is 0.938 bits per heavy atom. The molecule has 0 saturated carbocycles. The molecule has 2 aliphatic carbocycles. The zero-order chi connectivity index (χ0) is 22.1. The summed E-state index contributed by atoms with van der Waals surface area (Å²) in [6, 6.07) is 19.7. The van der Waals surface area contributed by atoms with Gasteiger partial charge in [0.25, 0.3) is 0 Å². The molecule has 0 fully saturated rings. The third-order valence-corrected chi connectivity index (χ3v) is 6.53. The van der Waals surface area contributed by atoms with Gasteiger partial charge in [0, 0.05) is 22.0 Å². The molecule has 0 saturated heterocycles. The van der Waals surface area contributed by atoms with Gasteiger partial charge in [-0.3, -0.25) is 4.98 Å². The van der Waals surface area contributed by atoms with Crippen molar-refractivity contribution in [1.82, 2.24) is 4.98 Å². The normalized spacial score (nSPS) is 14.5. The highest BCUT2D eigenvalue weighted by Crippen LogP contribution is 2.40. The maximum Gasteiger partial charge on any atom is 0.337 e. The number of hydrogen-bond donors (Lipinski definition) is 1. The molecule has 0 aliphatic heterocycles. The number of pyridine rings is 1. The van der Waals surface area contributed by atoms with Crippen molar-refractivity contribution < 1.29 is 9.90 Å². The highest BCUT2D eigenvalue weighted by Gasteiger charge is 2.20. The van der Waals surface area contributed by atoms with Gasteiger partial charge >= 0.3 is 5.97 Å². The lowest BCUT2D eigenvalue weighted by molar-refractivity contribution is 0.0696. The standard InChI is InChI=1S/C18H15Cl.C10H7NO2/c19-18-7-3-6-14-16-9-8-12-4-1-2-5-13(12)15(16)10-11-17(14)18;12-10(13)8-5-7-3-1-2-4-9(7)11-6-8/h2-3,5-7,10-11H,1,4,8-9H2;1-6H,(H,12,13). The Morgan fingerprint density at radius 2 is 1.81 bits per heavy atom. The topological polar surface area (TPSA) is 50.2 Å². The average molecular weight is 440 g/mol. The van der Waals surface area contributed by atoms with E-state index in [2.05, 4.69) is 41.4 Å². The van der Waals surface area contributed by atoms with Crippen LogP contribution in [0.2, 0.25) is 5.02 Å². The summed E-state index contributed by atoms with van der Waals surface area (Å²) in [5.74, 6) is -0.946. The smallest absolute Gasteiger partial charge is 0.337 e. The van der Waals surface area contributed by atoms with Crippen molar-refractivity contribution in [2.45, 2.75) is 25.7 Å². The zero-order valence-electron chi connectivity index (χ0n) is 17.5. The van der Waals surface area contributed by atoms with E-state index in [0.717, 1.165) is 22.3 Å². The highest BCUT2D eigenvalue weighted by molar-refractivity contribution is 6.35. The summed E-state index contributed by atoms with van der Waals surface area (Å²) in [4.78, 5) is 14.6. The minimum absolute atomic E-state index is 0.221. The quantitative estimate of drug-likeness (QED) is 0.334. The lowest BCUT2D eigenvalue weighted by Crippen LogP contribution is -2.07. The van der Waals surface area contributed by atoms with Crippen LogP contribution in [-0.4, -0.2) is 16.1 Å². The summed E-state index contributed by atoms with van der Waals surface area (Å²) in [7, 11) is 0. The van der Waals surface area contributed by atoms with Crippen LogP contribution in [0.1, 0.15) is 40.7 Å². The number of carbonyl (C=O) groups is 1. The van der Waals surface area contributed by atoms with Crippen LogP contribution in [0.15, 0.2) is 84.6 Å². The first-order valence-corrected chi connectivity index (χ1v) is 11.2. The number of aryl methyl sites for hydroxylation is 1. The molecule has 1 N–H and O–H groups in total. The van der Waals surface area contributed by atoms with Crippen molar-refractivity contribution in [3.8, 4) is 0 Å². The molecule has 0 unspecified atom stereocenters. The summed E-state index contributed by atoms with van der Waals surface area (Å²) in [6.45, 7) is 0. The SMILES string of the molecule is Clc1cccc2c3c(ccc12)C1=C(CCC=C1)CC3.O=C(O)c1cnc2ccccc2c1. The molecule has 32 heavy (non-hydrogen) atoms. The molecule has 3 nitrogen and oxygen atoms in total. The molecule has 158 valence electrons. The van der Waals surface area contributed by atoms with Gasteiger partial charge in [0.2, 0.25) is 0 Å². The minimum Gasteiger partial charge on any atom is -0.478 e. The summed E-state index contributed by atoms with van der Waals surface area (Å²) in [5.41, 5.74) is 7.04. The number of halogens is 1. The molecule has 0 atom stereocenters. The van der Waals surface area contributed by atoms with Crippen LogP contribution in [0.4, 0.5) is 0 Å². The van der Waals surface area contributed by atoms with Gasteiger partial charge in [-0.2, -0.15) is 0 Å². The summed E-state index contributed by atoms with van der Waals surface area (Å²) in [6.07, 6.45) is 10.8. The van der Waals surface area contributed by atoms with E-state index < -0.39 is 5.97 Å². The first-order valence-electron chi connectivity index (χ1n) is 10.8. The van der Waals surface area contributed by atoms with Gasteiger partial charge < -0.3 is 5.11 Å². The van der Waals surface area contributed by atoms with Crippen molar-refractivity contribution in [3.05, 3.63) is 106 Å². The second-order valence-electron chi connectivity index (χ2n) is 8.11. The van der Waals surface area contributed by atoms with E-state index in [4.69, 9.17) is 16.7 Å². The van der Waals surface area contributed by atoms with Crippen molar-refractivity contribution >= 4 is 44.8 Å². The van der Waals surface area contributed by atoms with Gasteiger partial charge in [-0.05, 0) is 66.0 Å². The largest absolute Gasteiger partial charge is 0.478 e. The molecule has 0 radical (unpaired) electrons. The van der Waals surface area contributed by atoms with Crippen molar-refractivity contribution in [2.75, 3.05) is 0 Å². The van der Waals surface area contributed by atoms with Crippen molar-refractivity contribution in [3.63, 3.8) is 0 Å². The molecule has 1 heterocycles. The second-order valence-corrected chi connectivity index (χ2v) is 8.51. The van der Waals surface area contributed by atoms with E-state index in [1.54, 1.807) is 11.6 Å². The van der Waals surface area contributed by atoms with E-state index >= 15 is 0 Å². The molecule has 1 aromatic heterocycles. The van der Waals surface area contributed by atoms with Crippen LogP contribution in [0.25, 0.3) is 27.2 Å². The maximum absolute atomic E-state index is 10.6. The molecular weight excluding hydrogens is 418 g/mol. The Hall–Kier alpha value is -3.43. The first-order chi connectivity index (χ1) is 15.6. The highest BCUT2D eigenvalue weighted by atomic mass is 35.5. The van der Waals surface area contributed by atoms with Crippen molar-refractivity contribution in [2.24, 2.45) is 0 Å². The third kappa shape index (κ3) is 3.80. The summed E-state index contributed by atoms with van der Waals surface area (Å²) >= 11 is 6.31. The van der Waals surface area contributed by atoms with Crippen LogP contribution < -0.4 is 0 Å². The number of benzene rings is 3. The fraction of sp³-hybridized carbons (Fsp3) is 0.143. The average Bonchev–Trinajstić information content (AvgIpc) is 2.84. The molecular formula is C28H22ClNO2. The number of carboxylic acids is 1. The van der Waals surface area contributed by atoms with E-state index in [0.29, 0.717) is 0 Å². The summed E-state index contributed by atoms with van der Waals surface area (Å²) in [5, 5.41) is 12.9. The van der Waals surface area contributed by atoms with Gasteiger partial charge in [-0.15, -0.1) is 0 Å². The molecule has 4 aromatic rings. The number of allylic oxidation sites excluding steroid dienone is 4. The van der Waals surface area contributed by atoms with E-state index in [9.17, 15) is 4.79 Å². The fourth-order valence-electron chi connectivity index (χ4n) is 4.62. The molecule has 0 amide bonds. The van der Waals surface area contributed by atoms with Gasteiger partial charge in [0.05, 0.1) is 11.1 Å². The Labute approximate surface area is 191 Å². The predicted octanol–water partition coefficient (Wildman–Crippen LogP) is 7.48. The Balaban J connectivity index is 0.000000146.